The maximum Gasteiger partial charge on any atom is 0.152 e. The third-order valence-electron chi connectivity index (χ3n) is 3.08. The van der Waals surface area contributed by atoms with Crippen LogP contribution in [0.4, 0.5) is 21.6 Å². The number of rotatable bonds is 3. The molecule has 2 aromatic rings. The van der Waals surface area contributed by atoms with E-state index in [1.807, 2.05) is 20.9 Å². The van der Waals surface area contributed by atoms with Crippen LogP contribution < -0.4 is 11.1 Å². The van der Waals surface area contributed by atoms with Gasteiger partial charge in [-0.3, -0.25) is 4.68 Å². The summed E-state index contributed by atoms with van der Waals surface area (Å²) in [4.78, 5) is 0. The molecule has 0 aliphatic rings. The Morgan fingerprint density at radius 1 is 1.37 bits per heavy atom. The number of nitrogens with zero attached hydrogens (tertiary/aromatic N) is 2. The van der Waals surface area contributed by atoms with Crippen LogP contribution in [0.3, 0.4) is 0 Å². The molecule has 0 atom stereocenters. The first-order valence-corrected chi connectivity index (χ1v) is 6.25. The molecule has 0 aliphatic carbocycles. The van der Waals surface area contributed by atoms with Crippen molar-refractivity contribution < 1.29 is 4.39 Å². The molecular weight excluding hydrogens is 243 g/mol. The van der Waals surface area contributed by atoms with E-state index in [2.05, 4.69) is 10.4 Å². The van der Waals surface area contributed by atoms with Gasteiger partial charge in [0, 0.05) is 12.7 Å². The van der Waals surface area contributed by atoms with Crippen molar-refractivity contribution in [3.05, 3.63) is 35.3 Å². The summed E-state index contributed by atoms with van der Waals surface area (Å²) in [6, 6.07) is 4.87. The molecule has 0 fully saturated rings. The maximum absolute atomic E-state index is 13.2. The fourth-order valence-corrected chi connectivity index (χ4v) is 1.99. The molecule has 1 aromatic carbocycles. The molecule has 0 bridgehead atoms. The van der Waals surface area contributed by atoms with E-state index < -0.39 is 0 Å². The van der Waals surface area contributed by atoms with Crippen LogP contribution in [-0.2, 0) is 7.05 Å². The highest BCUT2D eigenvalue weighted by molar-refractivity contribution is 5.71. The predicted octanol–water partition coefficient (Wildman–Crippen LogP) is 3.32. The Bertz CT molecular complexity index is 602. The van der Waals surface area contributed by atoms with Crippen LogP contribution in [0.25, 0.3) is 0 Å². The number of nitrogens with two attached hydrogens (primary N) is 1. The number of benzene rings is 1. The number of aromatic nitrogens is 2. The highest BCUT2D eigenvalue weighted by atomic mass is 19.1. The molecule has 1 aromatic heterocycles. The van der Waals surface area contributed by atoms with Crippen LogP contribution in [0.2, 0.25) is 0 Å². The van der Waals surface area contributed by atoms with Crippen molar-refractivity contribution in [3.8, 4) is 0 Å². The lowest BCUT2D eigenvalue weighted by atomic mass is 10.1. The molecule has 1 heterocycles. The zero-order valence-electron chi connectivity index (χ0n) is 11.7. The number of hydrogen-bond acceptors (Lipinski definition) is 3. The summed E-state index contributed by atoms with van der Waals surface area (Å²) < 4.78 is 14.9. The second kappa shape index (κ2) is 4.91. The van der Waals surface area contributed by atoms with Crippen molar-refractivity contribution in [2.24, 2.45) is 7.05 Å². The second-order valence-electron chi connectivity index (χ2n) is 5.01. The van der Waals surface area contributed by atoms with E-state index >= 15 is 0 Å². The lowest BCUT2D eigenvalue weighted by Crippen LogP contribution is -2.01. The minimum absolute atomic E-state index is 0.216. The first-order valence-electron chi connectivity index (χ1n) is 6.25. The predicted molar refractivity (Wildman–Crippen MR) is 76.1 cm³/mol. The Balaban J connectivity index is 2.35. The number of nitrogen functional groups attached to an aromatic ring is 1. The third kappa shape index (κ3) is 2.54. The van der Waals surface area contributed by atoms with Gasteiger partial charge in [-0.1, -0.05) is 13.8 Å². The van der Waals surface area contributed by atoms with Crippen LogP contribution in [0.1, 0.15) is 31.0 Å². The summed E-state index contributed by atoms with van der Waals surface area (Å²) in [5, 5.41) is 7.59. The zero-order chi connectivity index (χ0) is 14.2. The van der Waals surface area contributed by atoms with Gasteiger partial charge in [-0.25, -0.2) is 4.39 Å². The molecular formula is C14H19FN4. The van der Waals surface area contributed by atoms with Crippen LogP contribution in [0.5, 0.6) is 0 Å². The quantitative estimate of drug-likeness (QED) is 0.892. The molecule has 2 rings (SSSR count). The smallest absolute Gasteiger partial charge is 0.152 e. The van der Waals surface area contributed by atoms with Crippen LogP contribution in [0, 0.1) is 12.7 Å². The SMILES string of the molecule is Cc1cc(Nc2c(N)c(C(C)C)nn2C)ccc1F. The Labute approximate surface area is 112 Å². The van der Waals surface area contributed by atoms with Gasteiger partial charge in [0.1, 0.15) is 5.82 Å². The lowest BCUT2D eigenvalue weighted by Gasteiger charge is -2.09. The monoisotopic (exact) mass is 262 g/mol. The average Bonchev–Trinajstić information content (AvgIpc) is 2.62. The standard InChI is InChI=1S/C14H19FN4/c1-8(2)13-12(16)14(19(4)18-13)17-10-5-6-11(15)9(3)7-10/h5-8,17H,16H2,1-4H3. The van der Waals surface area contributed by atoms with Gasteiger partial charge in [-0.15, -0.1) is 0 Å². The van der Waals surface area contributed by atoms with Gasteiger partial charge in [-0.05, 0) is 36.6 Å². The zero-order valence-corrected chi connectivity index (χ0v) is 11.7. The Hall–Kier alpha value is -2.04. The number of hydrogen-bond donors (Lipinski definition) is 2. The van der Waals surface area contributed by atoms with E-state index in [1.54, 1.807) is 23.7 Å². The summed E-state index contributed by atoms with van der Waals surface area (Å²) in [6.07, 6.45) is 0. The molecule has 3 N–H and O–H groups in total. The van der Waals surface area contributed by atoms with Gasteiger partial charge in [0.25, 0.3) is 0 Å². The van der Waals surface area contributed by atoms with E-state index in [0.717, 1.165) is 17.2 Å². The van der Waals surface area contributed by atoms with Gasteiger partial charge < -0.3 is 11.1 Å². The number of nitrogens with one attached hydrogen (secondary N) is 1. The molecule has 0 saturated heterocycles. The number of anilines is 3. The average molecular weight is 262 g/mol. The van der Waals surface area contributed by atoms with Gasteiger partial charge in [-0.2, -0.15) is 5.10 Å². The minimum Gasteiger partial charge on any atom is -0.394 e. The summed E-state index contributed by atoms with van der Waals surface area (Å²) in [5.74, 6) is 0.776. The summed E-state index contributed by atoms with van der Waals surface area (Å²) in [5.41, 5.74) is 8.99. The third-order valence-corrected chi connectivity index (χ3v) is 3.08. The summed E-state index contributed by atoms with van der Waals surface area (Å²) in [7, 11) is 1.83. The van der Waals surface area contributed by atoms with Gasteiger partial charge in [0.2, 0.25) is 0 Å². The van der Waals surface area contributed by atoms with Crippen molar-refractivity contribution in [2.75, 3.05) is 11.1 Å². The number of aryl methyl sites for hydroxylation is 2. The van der Waals surface area contributed by atoms with Gasteiger partial charge >= 0.3 is 0 Å². The number of halogens is 1. The first-order chi connectivity index (χ1) is 8.90. The van der Waals surface area contributed by atoms with E-state index in [0.29, 0.717) is 11.3 Å². The Morgan fingerprint density at radius 2 is 2.05 bits per heavy atom. The maximum atomic E-state index is 13.2. The normalized spacial score (nSPS) is 11.1. The Morgan fingerprint density at radius 3 is 2.58 bits per heavy atom. The molecule has 0 amide bonds. The first kappa shape index (κ1) is 13.4. The molecule has 4 nitrogen and oxygen atoms in total. The lowest BCUT2D eigenvalue weighted by molar-refractivity contribution is 0.619. The molecule has 0 saturated carbocycles. The van der Waals surface area contributed by atoms with Crippen molar-refractivity contribution in [2.45, 2.75) is 26.7 Å². The van der Waals surface area contributed by atoms with Crippen LogP contribution in [0.15, 0.2) is 18.2 Å². The van der Waals surface area contributed by atoms with Crippen molar-refractivity contribution >= 4 is 17.2 Å². The van der Waals surface area contributed by atoms with E-state index in [1.165, 1.54) is 6.07 Å². The highest BCUT2D eigenvalue weighted by Gasteiger charge is 2.16. The fourth-order valence-electron chi connectivity index (χ4n) is 1.99. The highest BCUT2D eigenvalue weighted by Crippen LogP contribution is 2.30. The Kier molecular flexibility index (Phi) is 3.46. The molecule has 19 heavy (non-hydrogen) atoms. The van der Waals surface area contributed by atoms with Crippen LogP contribution >= 0.6 is 0 Å². The molecule has 0 spiro atoms. The van der Waals surface area contributed by atoms with E-state index in [9.17, 15) is 4.39 Å². The largest absolute Gasteiger partial charge is 0.394 e. The van der Waals surface area contributed by atoms with Gasteiger partial charge in [0.15, 0.2) is 5.82 Å². The van der Waals surface area contributed by atoms with E-state index in [-0.39, 0.29) is 11.7 Å². The summed E-state index contributed by atoms with van der Waals surface area (Å²) in [6.45, 7) is 5.82. The van der Waals surface area contributed by atoms with Gasteiger partial charge in [0.05, 0.1) is 11.4 Å². The topological polar surface area (TPSA) is 55.9 Å². The van der Waals surface area contributed by atoms with Crippen LogP contribution in [-0.4, -0.2) is 9.78 Å². The molecule has 0 radical (unpaired) electrons. The minimum atomic E-state index is -0.216. The molecule has 0 aliphatic heterocycles. The van der Waals surface area contributed by atoms with Crippen molar-refractivity contribution in [3.63, 3.8) is 0 Å². The second-order valence-corrected chi connectivity index (χ2v) is 5.01. The fraction of sp³-hybridized carbons (Fsp3) is 0.357. The molecule has 102 valence electrons. The summed E-state index contributed by atoms with van der Waals surface area (Å²) >= 11 is 0. The molecule has 0 unspecified atom stereocenters. The van der Waals surface area contributed by atoms with Crippen molar-refractivity contribution in [1.82, 2.24) is 9.78 Å². The molecule has 5 heteroatoms. The van der Waals surface area contributed by atoms with Crippen molar-refractivity contribution in [1.29, 1.82) is 0 Å². The van der Waals surface area contributed by atoms with E-state index in [4.69, 9.17) is 5.73 Å².